The first kappa shape index (κ1) is 18.1. The number of aromatic amines is 2. The first-order chi connectivity index (χ1) is 14.5. The number of nitrogens with zero attached hydrogens (tertiary/aromatic N) is 4. The number of imidazole rings is 1. The molecular formula is C20H18FN7O2. The molecule has 9 nitrogen and oxygen atoms in total. The maximum absolute atomic E-state index is 13.9. The molecule has 1 aliphatic rings. The van der Waals surface area contributed by atoms with Crippen molar-refractivity contribution in [3.8, 4) is 5.88 Å². The standard InChI is InChI=1S/C20H18FN7O2/c1-10-13(21)3-2-4-14(10)24-16-8-17(23-12-5-6-12)28-18(26-16)11(9-22-28)7-15-19(29)27-20(30)25-15/h2-4,7-9,12,24,29H,5-6H2,1H3,(H2,25,27,30)/b11-7-,23-17?. The molecule has 0 unspecified atom stereocenters. The summed E-state index contributed by atoms with van der Waals surface area (Å²) in [7, 11) is 0. The van der Waals surface area contributed by atoms with Crippen LogP contribution in [0, 0.1) is 12.7 Å². The fourth-order valence-corrected chi connectivity index (χ4v) is 3.14. The number of hydrogen-bond acceptors (Lipinski definition) is 6. The number of fused-ring (bicyclic) bond motifs is 1. The van der Waals surface area contributed by atoms with Crippen LogP contribution in [-0.4, -0.2) is 35.7 Å². The third kappa shape index (κ3) is 3.32. The minimum Gasteiger partial charge on any atom is -0.493 e. The van der Waals surface area contributed by atoms with Gasteiger partial charge in [-0.25, -0.2) is 14.2 Å². The highest BCUT2D eigenvalue weighted by Crippen LogP contribution is 2.23. The number of rotatable bonds is 4. The van der Waals surface area contributed by atoms with Crippen LogP contribution in [0.4, 0.5) is 15.9 Å². The largest absolute Gasteiger partial charge is 0.493 e. The lowest BCUT2D eigenvalue weighted by molar-refractivity contribution is 0.454. The average molecular weight is 407 g/mol. The monoisotopic (exact) mass is 407 g/mol. The maximum atomic E-state index is 13.9. The van der Waals surface area contributed by atoms with Crippen LogP contribution >= 0.6 is 0 Å². The van der Waals surface area contributed by atoms with E-state index in [4.69, 9.17) is 4.99 Å². The molecule has 0 bridgehead atoms. The van der Waals surface area contributed by atoms with Crippen molar-refractivity contribution in [2.45, 2.75) is 25.8 Å². The molecule has 1 fully saturated rings. The number of aromatic nitrogens is 5. The van der Waals surface area contributed by atoms with Gasteiger partial charge in [-0.15, -0.1) is 0 Å². The molecule has 30 heavy (non-hydrogen) atoms. The number of benzene rings is 1. The van der Waals surface area contributed by atoms with Crippen molar-refractivity contribution in [2.24, 2.45) is 4.99 Å². The molecule has 0 amide bonds. The lowest BCUT2D eigenvalue weighted by Gasteiger charge is -2.09. The summed E-state index contributed by atoms with van der Waals surface area (Å²) in [5.74, 6) is -0.0985. The van der Waals surface area contributed by atoms with Crippen molar-refractivity contribution >= 4 is 23.2 Å². The van der Waals surface area contributed by atoms with Crippen LogP contribution in [-0.2, 0) is 0 Å². The molecule has 0 aliphatic heterocycles. The predicted octanol–water partition coefficient (Wildman–Crippen LogP) is 1.25. The van der Waals surface area contributed by atoms with Gasteiger partial charge in [0.1, 0.15) is 17.3 Å². The number of H-pyrrole nitrogens is 2. The topological polar surface area (TPSA) is 123 Å². The van der Waals surface area contributed by atoms with Crippen molar-refractivity contribution in [3.63, 3.8) is 0 Å². The molecule has 152 valence electrons. The van der Waals surface area contributed by atoms with Gasteiger partial charge in [-0.3, -0.25) is 9.98 Å². The molecule has 4 N–H and O–H groups in total. The van der Waals surface area contributed by atoms with E-state index in [1.54, 1.807) is 41.9 Å². The van der Waals surface area contributed by atoms with Crippen LogP contribution in [0.2, 0.25) is 0 Å². The van der Waals surface area contributed by atoms with Gasteiger partial charge in [-0.2, -0.15) is 9.61 Å². The molecule has 0 atom stereocenters. The molecule has 0 spiro atoms. The normalized spacial score (nSPS) is 15.3. The molecule has 1 aliphatic carbocycles. The molecule has 5 rings (SSSR count). The average Bonchev–Trinajstić information content (AvgIpc) is 3.34. The second-order valence-electron chi connectivity index (χ2n) is 7.22. The van der Waals surface area contributed by atoms with Crippen LogP contribution in [0.3, 0.4) is 0 Å². The van der Waals surface area contributed by atoms with E-state index in [1.807, 2.05) is 0 Å². The van der Waals surface area contributed by atoms with Crippen molar-refractivity contribution in [1.29, 1.82) is 0 Å². The van der Waals surface area contributed by atoms with E-state index in [2.05, 4.69) is 25.4 Å². The Kier molecular flexibility index (Phi) is 4.12. The maximum Gasteiger partial charge on any atom is 0.326 e. The number of anilines is 2. The lowest BCUT2D eigenvalue weighted by Crippen LogP contribution is -2.20. The minimum absolute atomic E-state index is 0.219. The summed E-state index contributed by atoms with van der Waals surface area (Å²) in [4.78, 5) is 25.5. The molecule has 3 aromatic heterocycles. The van der Waals surface area contributed by atoms with Gasteiger partial charge in [0.15, 0.2) is 11.1 Å². The highest BCUT2D eigenvalue weighted by Gasteiger charge is 2.20. The summed E-state index contributed by atoms with van der Waals surface area (Å²) in [6.07, 6.45) is 5.19. The molecule has 10 heteroatoms. The zero-order valence-electron chi connectivity index (χ0n) is 16.0. The molecule has 1 saturated carbocycles. The zero-order chi connectivity index (χ0) is 20.8. The van der Waals surface area contributed by atoms with E-state index in [-0.39, 0.29) is 23.4 Å². The third-order valence-electron chi connectivity index (χ3n) is 4.91. The Balaban J connectivity index is 1.69. The summed E-state index contributed by atoms with van der Waals surface area (Å²) < 4.78 is 15.5. The number of halogens is 1. The molecular weight excluding hydrogens is 389 g/mol. The zero-order valence-corrected chi connectivity index (χ0v) is 16.0. The van der Waals surface area contributed by atoms with E-state index in [9.17, 15) is 14.3 Å². The molecule has 0 radical (unpaired) electrons. The summed E-state index contributed by atoms with van der Waals surface area (Å²) in [5, 5.41) is 18.0. The van der Waals surface area contributed by atoms with Gasteiger partial charge in [0.05, 0.1) is 12.2 Å². The Morgan fingerprint density at radius 1 is 1.37 bits per heavy atom. The fraction of sp³-hybridized carbons (Fsp3) is 0.200. The quantitative estimate of drug-likeness (QED) is 0.405. The van der Waals surface area contributed by atoms with Gasteiger partial charge in [0.25, 0.3) is 0 Å². The van der Waals surface area contributed by atoms with Gasteiger partial charge in [0, 0.05) is 22.5 Å². The number of aromatic hydroxyl groups is 1. The molecule has 4 aromatic rings. The van der Waals surface area contributed by atoms with E-state index in [0.717, 1.165) is 12.8 Å². The van der Waals surface area contributed by atoms with Crippen LogP contribution in [0.25, 0.3) is 11.7 Å². The number of nitrogens with one attached hydrogen (secondary N) is 3. The first-order valence-electron chi connectivity index (χ1n) is 9.46. The van der Waals surface area contributed by atoms with Crippen LogP contribution in [0.15, 0.2) is 40.2 Å². The van der Waals surface area contributed by atoms with E-state index in [1.165, 1.54) is 6.07 Å². The van der Waals surface area contributed by atoms with Crippen molar-refractivity contribution in [2.75, 3.05) is 5.32 Å². The third-order valence-corrected chi connectivity index (χ3v) is 4.91. The smallest absolute Gasteiger partial charge is 0.326 e. The predicted molar refractivity (Wildman–Crippen MR) is 108 cm³/mol. The highest BCUT2D eigenvalue weighted by atomic mass is 19.1. The number of hydrogen-bond donors (Lipinski definition) is 4. The van der Waals surface area contributed by atoms with Crippen LogP contribution in [0.5, 0.6) is 5.88 Å². The minimum atomic E-state index is -0.517. The Hall–Kier alpha value is -3.95. The summed E-state index contributed by atoms with van der Waals surface area (Å²) in [6.45, 7) is 1.69. The second-order valence-corrected chi connectivity index (χ2v) is 7.22. The SMILES string of the molecule is Cc1c(F)cccc1Nc1cc(=NC2CC2)n2nc/c(=C/c3[nH]c(=O)[nH]c3O)c2n1. The van der Waals surface area contributed by atoms with Crippen molar-refractivity contribution in [1.82, 2.24) is 24.6 Å². The van der Waals surface area contributed by atoms with Gasteiger partial charge in [-0.05, 0) is 38.0 Å². The lowest BCUT2D eigenvalue weighted by atomic mass is 10.2. The Morgan fingerprint density at radius 2 is 2.20 bits per heavy atom. The van der Waals surface area contributed by atoms with Gasteiger partial charge >= 0.3 is 5.69 Å². The van der Waals surface area contributed by atoms with E-state index < -0.39 is 5.69 Å². The summed E-state index contributed by atoms with van der Waals surface area (Å²) >= 11 is 0. The molecule has 0 saturated heterocycles. The molecule has 1 aromatic carbocycles. The van der Waals surface area contributed by atoms with Crippen LogP contribution in [0.1, 0.15) is 24.1 Å². The summed E-state index contributed by atoms with van der Waals surface area (Å²) in [5.41, 5.74) is 1.88. The molecule has 3 heterocycles. The van der Waals surface area contributed by atoms with Crippen molar-refractivity contribution < 1.29 is 9.50 Å². The highest BCUT2D eigenvalue weighted by molar-refractivity contribution is 5.63. The van der Waals surface area contributed by atoms with E-state index >= 15 is 0 Å². The van der Waals surface area contributed by atoms with E-state index in [0.29, 0.717) is 33.4 Å². The van der Waals surface area contributed by atoms with Crippen molar-refractivity contribution in [3.05, 3.63) is 68.7 Å². The van der Waals surface area contributed by atoms with Gasteiger partial charge in [0.2, 0.25) is 5.88 Å². The second kappa shape index (κ2) is 6.83. The first-order valence-corrected chi connectivity index (χ1v) is 9.46. The van der Waals surface area contributed by atoms with Gasteiger partial charge in [-0.1, -0.05) is 6.07 Å². The Bertz CT molecular complexity index is 1450. The van der Waals surface area contributed by atoms with Gasteiger partial charge < -0.3 is 15.4 Å². The Morgan fingerprint density at radius 3 is 2.93 bits per heavy atom. The van der Waals surface area contributed by atoms with Crippen LogP contribution < -0.4 is 21.7 Å². The summed E-state index contributed by atoms with van der Waals surface area (Å²) in [6, 6.07) is 6.82. The fourth-order valence-electron chi connectivity index (χ4n) is 3.14. The Labute approximate surface area is 168 Å².